The molecule has 3 N–H and O–H groups in total. The number of fused-ring (bicyclic) bond motifs is 1. The number of hydrogen-bond donors (Lipinski definition) is 2. The maximum Gasteiger partial charge on any atom is 0.275 e. The second-order valence-electron chi connectivity index (χ2n) is 8.24. The van der Waals surface area contributed by atoms with E-state index in [1.807, 2.05) is 0 Å². The molecule has 1 aliphatic heterocycles. The number of piperidine rings is 1. The lowest BCUT2D eigenvalue weighted by molar-refractivity contribution is 0.102. The van der Waals surface area contributed by atoms with Crippen molar-refractivity contribution >= 4 is 28.6 Å². The van der Waals surface area contributed by atoms with Gasteiger partial charge in [-0.05, 0) is 49.8 Å². The monoisotopic (exact) mass is 455 g/mol. The summed E-state index contributed by atoms with van der Waals surface area (Å²) in [5, 5.41) is 4.57. The molecule has 0 radical (unpaired) electrons. The van der Waals surface area contributed by atoms with E-state index < -0.39 is 17.5 Å². The van der Waals surface area contributed by atoms with Gasteiger partial charge in [-0.25, -0.2) is 13.8 Å². The van der Waals surface area contributed by atoms with Crippen molar-refractivity contribution in [2.45, 2.75) is 38.1 Å². The van der Waals surface area contributed by atoms with Gasteiger partial charge in [-0.3, -0.25) is 9.78 Å². The van der Waals surface area contributed by atoms with Gasteiger partial charge in [-0.1, -0.05) is 6.07 Å². The van der Waals surface area contributed by atoms with Crippen molar-refractivity contribution in [1.82, 2.24) is 9.97 Å². The molecule has 1 aliphatic carbocycles. The van der Waals surface area contributed by atoms with Crippen LogP contribution in [-0.2, 0) is 12.8 Å². The maximum absolute atomic E-state index is 14.1. The van der Waals surface area contributed by atoms with Crippen molar-refractivity contribution < 1.29 is 13.6 Å². The highest BCUT2D eigenvalue weighted by atomic mass is 32.1. The molecule has 5 rings (SSSR count). The number of anilines is 2. The Balaban J connectivity index is 1.45. The minimum Gasteiger partial charge on any atom is -0.368 e. The number of thiazole rings is 1. The number of nitrogens with zero attached hydrogens (tertiary/aromatic N) is 3. The van der Waals surface area contributed by atoms with Gasteiger partial charge in [0.2, 0.25) is 0 Å². The highest BCUT2D eigenvalue weighted by molar-refractivity contribution is 7.13. The number of halogens is 2. The minimum absolute atomic E-state index is 0.0919. The van der Waals surface area contributed by atoms with Gasteiger partial charge in [0.05, 0.1) is 23.1 Å². The molecule has 1 saturated heterocycles. The number of nitrogens with one attached hydrogen (secondary N) is 1. The SMILES string of the molecule is NC1CCCN(c2c(NC(=O)c3csc(-c4c(F)cccc4F)n3)cnc3c2CCC3)C1. The number of aromatic nitrogens is 2. The summed E-state index contributed by atoms with van der Waals surface area (Å²) in [6, 6.07) is 3.73. The van der Waals surface area contributed by atoms with Crippen LogP contribution in [0.5, 0.6) is 0 Å². The predicted octanol–water partition coefficient (Wildman–Crippen LogP) is 4.15. The number of benzene rings is 1. The van der Waals surface area contributed by atoms with E-state index in [1.165, 1.54) is 29.1 Å². The summed E-state index contributed by atoms with van der Waals surface area (Å²) in [4.78, 5) is 24.0. The van der Waals surface area contributed by atoms with Crippen LogP contribution in [0, 0.1) is 11.6 Å². The Morgan fingerprint density at radius 3 is 2.81 bits per heavy atom. The zero-order chi connectivity index (χ0) is 22.2. The maximum atomic E-state index is 14.1. The summed E-state index contributed by atoms with van der Waals surface area (Å²) in [6.07, 6.45) is 6.56. The first-order valence-corrected chi connectivity index (χ1v) is 11.6. The summed E-state index contributed by atoms with van der Waals surface area (Å²) in [7, 11) is 0. The van der Waals surface area contributed by atoms with Crippen LogP contribution in [0.4, 0.5) is 20.2 Å². The van der Waals surface area contributed by atoms with Crippen molar-refractivity contribution in [3.63, 3.8) is 0 Å². The van der Waals surface area contributed by atoms with Gasteiger partial charge in [0.15, 0.2) is 0 Å². The average molecular weight is 456 g/mol. The third-order valence-electron chi connectivity index (χ3n) is 6.01. The number of carbonyl (C=O) groups is 1. The van der Waals surface area contributed by atoms with Gasteiger partial charge in [0.1, 0.15) is 22.3 Å². The fourth-order valence-electron chi connectivity index (χ4n) is 4.54. The molecule has 166 valence electrons. The van der Waals surface area contributed by atoms with E-state index in [0.717, 1.165) is 67.9 Å². The number of aryl methyl sites for hydroxylation is 1. The standard InChI is InChI=1S/C23H23F2N5OS/c24-15-6-2-7-16(25)20(15)23-29-19(12-32-23)22(31)28-18-10-27-17-8-1-5-14(17)21(18)30-9-3-4-13(26)11-30/h2,6-7,10,12-13H,1,3-5,8-9,11,26H2,(H,28,31). The summed E-state index contributed by atoms with van der Waals surface area (Å²) in [5.41, 5.74) is 9.96. The number of carbonyl (C=O) groups excluding carboxylic acids is 1. The zero-order valence-corrected chi connectivity index (χ0v) is 18.2. The summed E-state index contributed by atoms with van der Waals surface area (Å²) in [6.45, 7) is 1.60. The van der Waals surface area contributed by atoms with Gasteiger partial charge in [-0.15, -0.1) is 11.3 Å². The van der Waals surface area contributed by atoms with Crippen molar-refractivity contribution in [1.29, 1.82) is 0 Å². The molecule has 2 aromatic heterocycles. The first-order valence-electron chi connectivity index (χ1n) is 10.7. The second kappa shape index (κ2) is 8.55. The highest BCUT2D eigenvalue weighted by Crippen LogP contribution is 2.38. The number of amides is 1. The first-order chi connectivity index (χ1) is 15.5. The van der Waals surface area contributed by atoms with Gasteiger partial charge in [-0.2, -0.15) is 0 Å². The molecule has 1 aromatic carbocycles. The molecule has 0 saturated carbocycles. The van der Waals surface area contributed by atoms with Crippen LogP contribution < -0.4 is 16.0 Å². The van der Waals surface area contributed by atoms with Gasteiger partial charge >= 0.3 is 0 Å². The number of pyridine rings is 1. The Kier molecular flexibility index (Phi) is 5.60. The number of hydrogen-bond acceptors (Lipinski definition) is 6. The van der Waals surface area contributed by atoms with E-state index in [2.05, 4.69) is 20.2 Å². The third-order valence-corrected chi connectivity index (χ3v) is 6.87. The van der Waals surface area contributed by atoms with Crippen LogP contribution in [0.15, 0.2) is 29.8 Å². The molecular formula is C23H23F2N5OS. The summed E-state index contributed by atoms with van der Waals surface area (Å²) < 4.78 is 28.2. The fourth-order valence-corrected chi connectivity index (χ4v) is 5.39. The second-order valence-corrected chi connectivity index (χ2v) is 9.09. The first kappa shape index (κ1) is 21.0. The van der Waals surface area contributed by atoms with Crippen LogP contribution in [0.1, 0.15) is 41.0 Å². The molecule has 6 nitrogen and oxygen atoms in total. The molecule has 9 heteroatoms. The van der Waals surface area contributed by atoms with Gasteiger partial charge < -0.3 is 16.0 Å². The smallest absolute Gasteiger partial charge is 0.275 e. The number of nitrogens with two attached hydrogens (primary N) is 1. The lowest BCUT2D eigenvalue weighted by Crippen LogP contribution is -2.43. The molecule has 32 heavy (non-hydrogen) atoms. The predicted molar refractivity (Wildman–Crippen MR) is 121 cm³/mol. The molecule has 1 atom stereocenters. The Morgan fingerprint density at radius 2 is 2.03 bits per heavy atom. The topological polar surface area (TPSA) is 84.1 Å². The minimum atomic E-state index is -0.710. The van der Waals surface area contributed by atoms with Crippen molar-refractivity contribution in [3.05, 3.63) is 58.4 Å². The largest absolute Gasteiger partial charge is 0.368 e. The van der Waals surface area contributed by atoms with Crippen molar-refractivity contribution in [3.8, 4) is 10.6 Å². The zero-order valence-electron chi connectivity index (χ0n) is 17.4. The lowest BCUT2D eigenvalue weighted by atomic mass is 10.0. The fraction of sp³-hybridized carbons (Fsp3) is 0.348. The van der Waals surface area contributed by atoms with E-state index in [1.54, 1.807) is 6.20 Å². The Labute approximate surface area is 188 Å². The molecule has 1 fully saturated rings. The van der Waals surface area contributed by atoms with Crippen LogP contribution in [0.3, 0.4) is 0 Å². The van der Waals surface area contributed by atoms with Gasteiger partial charge in [0, 0.05) is 30.2 Å². The highest BCUT2D eigenvalue weighted by Gasteiger charge is 2.27. The molecule has 1 amide bonds. The normalized spacial score (nSPS) is 18.0. The average Bonchev–Trinajstić information content (AvgIpc) is 3.43. The molecule has 0 bridgehead atoms. The van der Waals surface area contributed by atoms with Crippen LogP contribution >= 0.6 is 11.3 Å². The Bertz CT molecular complexity index is 1160. The molecule has 3 aromatic rings. The van der Waals surface area contributed by atoms with E-state index in [-0.39, 0.29) is 22.3 Å². The van der Waals surface area contributed by atoms with Crippen LogP contribution in [0.2, 0.25) is 0 Å². The molecule has 0 spiro atoms. The van der Waals surface area contributed by atoms with Crippen molar-refractivity contribution in [2.24, 2.45) is 5.73 Å². The molecule has 3 heterocycles. The van der Waals surface area contributed by atoms with Crippen LogP contribution in [0.25, 0.3) is 10.6 Å². The Hall–Kier alpha value is -2.91. The lowest BCUT2D eigenvalue weighted by Gasteiger charge is -2.35. The van der Waals surface area contributed by atoms with E-state index in [9.17, 15) is 13.6 Å². The number of rotatable bonds is 4. The summed E-state index contributed by atoms with van der Waals surface area (Å²) in [5.74, 6) is -1.86. The Morgan fingerprint density at radius 1 is 1.22 bits per heavy atom. The summed E-state index contributed by atoms with van der Waals surface area (Å²) >= 11 is 1.03. The quantitative estimate of drug-likeness (QED) is 0.617. The van der Waals surface area contributed by atoms with Crippen LogP contribution in [-0.4, -0.2) is 35.0 Å². The van der Waals surface area contributed by atoms with Gasteiger partial charge in [0.25, 0.3) is 5.91 Å². The molecule has 2 aliphatic rings. The molecule has 1 unspecified atom stereocenters. The van der Waals surface area contributed by atoms with E-state index >= 15 is 0 Å². The van der Waals surface area contributed by atoms with Crippen molar-refractivity contribution in [2.75, 3.05) is 23.3 Å². The van der Waals surface area contributed by atoms with E-state index in [0.29, 0.717) is 5.69 Å². The third kappa shape index (κ3) is 3.86. The molecular weight excluding hydrogens is 432 g/mol. The van der Waals surface area contributed by atoms with E-state index in [4.69, 9.17) is 5.73 Å².